The minimum atomic E-state index is -0.214. The first-order valence-electron chi connectivity index (χ1n) is 7.95. The Hall–Kier alpha value is -2.47. The number of amides is 1. The normalized spacial score (nSPS) is 10.5. The molecule has 2 rings (SSSR count). The summed E-state index contributed by atoms with van der Waals surface area (Å²) in [7, 11) is 1.64. The summed E-state index contributed by atoms with van der Waals surface area (Å²) in [5, 5.41) is 6.11. The first-order valence-corrected chi connectivity index (χ1v) is 7.95. The van der Waals surface area contributed by atoms with Crippen LogP contribution in [0.5, 0.6) is 0 Å². The molecule has 1 aromatic heterocycles. The molecule has 0 saturated heterocycles. The van der Waals surface area contributed by atoms with E-state index in [2.05, 4.69) is 39.7 Å². The zero-order valence-corrected chi connectivity index (χ0v) is 14.6. The van der Waals surface area contributed by atoms with Crippen LogP contribution >= 0.6 is 0 Å². The summed E-state index contributed by atoms with van der Waals surface area (Å²) in [4.78, 5) is 20.4. The van der Waals surface area contributed by atoms with E-state index in [1.807, 2.05) is 13.8 Å². The summed E-state index contributed by atoms with van der Waals surface area (Å²) in [6.45, 7) is 7.33. The third-order valence-electron chi connectivity index (χ3n) is 3.64. The zero-order valence-electron chi connectivity index (χ0n) is 14.6. The number of carbonyl (C=O) groups is 1. The van der Waals surface area contributed by atoms with Gasteiger partial charge in [0.25, 0.3) is 5.91 Å². The first kappa shape index (κ1) is 17.9. The van der Waals surface area contributed by atoms with Gasteiger partial charge in [-0.05, 0) is 38.3 Å². The standard InChI is InChI=1S/C18H24N4O2/c1-12-8-13(2)17(14(3)9-12)22-16-10-15(20-11-21-16)18(23)19-6-5-7-24-4/h8-11H,5-7H2,1-4H3,(H,19,23)(H,20,21,22). The van der Waals surface area contributed by atoms with Gasteiger partial charge in [0.2, 0.25) is 0 Å². The maximum Gasteiger partial charge on any atom is 0.270 e. The van der Waals surface area contributed by atoms with Crippen molar-refractivity contribution in [3.63, 3.8) is 0 Å². The second-order valence-electron chi connectivity index (χ2n) is 5.79. The molecule has 1 heterocycles. The molecule has 0 aliphatic heterocycles. The third-order valence-corrected chi connectivity index (χ3v) is 3.64. The number of aryl methyl sites for hydroxylation is 3. The number of carbonyl (C=O) groups excluding carboxylic acids is 1. The molecule has 0 bridgehead atoms. The Labute approximate surface area is 142 Å². The van der Waals surface area contributed by atoms with E-state index in [0.717, 1.165) is 23.2 Å². The fourth-order valence-corrected chi connectivity index (χ4v) is 2.56. The predicted octanol–water partition coefficient (Wildman–Crippen LogP) is 2.91. The van der Waals surface area contributed by atoms with Crippen LogP contribution in [0.2, 0.25) is 0 Å². The first-order chi connectivity index (χ1) is 11.5. The van der Waals surface area contributed by atoms with Crippen molar-refractivity contribution in [2.24, 2.45) is 0 Å². The van der Waals surface area contributed by atoms with Crippen LogP contribution < -0.4 is 10.6 Å². The molecule has 6 heteroatoms. The molecule has 2 N–H and O–H groups in total. The number of methoxy groups -OCH3 is 1. The minimum Gasteiger partial charge on any atom is -0.385 e. The number of hydrogen-bond donors (Lipinski definition) is 2. The van der Waals surface area contributed by atoms with E-state index < -0.39 is 0 Å². The van der Waals surface area contributed by atoms with Crippen LogP contribution in [-0.2, 0) is 4.74 Å². The average Bonchev–Trinajstić information content (AvgIpc) is 2.55. The second kappa shape index (κ2) is 8.40. The number of benzene rings is 1. The fraction of sp³-hybridized carbons (Fsp3) is 0.389. The number of hydrogen-bond acceptors (Lipinski definition) is 5. The molecule has 0 atom stereocenters. The molecule has 0 aliphatic carbocycles. The van der Waals surface area contributed by atoms with Gasteiger partial charge in [0.15, 0.2) is 0 Å². The van der Waals surface area contributed by atoms with Crippen molar-refractivity contribution in [3.8, 4) is 0 Å². The molecule has 0 fully saturated rings. The van der Waals surface area contributed by atoms with Crippen LogP contribution in [0.4, 0.5) is 11.5 Å². The third kappa shape index (κ3) is 4.76. The molecule has 0 unspecified atom stereocenters. The lowest BCUT2D eigenvalue weighted by Crippen LogP contribution is -2.26. The Balaban J connectivity index is 2.09. The maximum atomic E-state index is 12.1. The summed E-state index contributed by atoms with van der Waals surface area (Å²) in [6.07, 6.45) is 2.16. The molecule has 2 aromatic rings. The van der Waals surface area contributed by atoms with E-state index in [1.54, 1.807) is 13.2 Å². The number of aromatic nitrogens is 2. The Morgan fingerprint density at radius 2 is 1.83 bits per heavy atom. The van der Waals surface area contributed by atoms with Gasteiger partial charge in [-0.1, -0.05) is 17.7 Å². The number of ether oxygens (including phenoxy) is 1. The summed E-state index contributed by atoms with van der Waals surface area (Å²) in [5.74, 6) is 0.385. The number of nitrogens with zero attached hydrogens (tertiary/aromatic N) is 2. The lowest BCUT2D eigenvalue weighted by Gasteiger charge is -2.13. The highest BCUT2D eigenvalue weighted by atomic mass is 16.5. The Morgan fingerprint density at radius 1 is 1.12 bits per heavy atom. The second-order valence-corrected chi connectivity index (χ2v) is 5.79. The van der Waals surface area contributed by atoms with Crippen molar-refractivity contribution in [1.29, 1.82) is 0 Å². The van der Waals surface area contributed by atoms with Crippen molar-refractivity contribution in [2.45, 2.75) is 27.2 Å². The molecule has 0 saturated carbocycles. The highest BCUT2D eigenvalue weighted by Crippen LogP contribution is 2.25. The average molecular weight is 328 g/mol. The van der Waals surface area contributed by atoms with Crippen LogP contribution in [0.25, 0.3) is 0 Å². The van der Waals surface area contributed by atoms with Crippen molar-refractivity contribution in [3.05, 3.63) is 46.9 Å². The van der Waals surface area contributed by atoms with Gasteiger partial charge in [0.05, 0.1) is 0 Å². The van der Waals surface area contributed by atoms with E-state index in [0.29, 0.717) is 24.7 Å². The molecule has 0 spiro atoms. The lowest BCUT2D eigenvalue weighted by molar-refractivity contribution is 0.0943. The highest BCUT2D eigenvalue weighted by Gasteiger charge is 2.10. The van der Waals surface area contributed by atoms with Crippen molar-refractivity contribution >= 4 is 17.4 Å². The van der Waals surface area contributed by atoms with Crippen LogP contribution in [0, 0.1) is 20.8 Å². The van der Waals surface area contributed by atoms with Crippen LogP contribution in [0.3, 0.4) is 0 Å². The van der Waals surface area contributed by atoms with E-state index >= 15 is 0 Å². The van der Waals surface area contributed by atoms with Crippen LogP contribution in [-0.4, -0.2) is 36.1 Å². The van der Waals surface area contributed by atoms with E-state index in [1.165, 1.54) is 11.9 Å². The molecular formula is C18H24N4O2. The number of nitrogens with one attached hydrogen (secondary N) is 2. The maximum absolute atomic E-state index is 12.1. The topological polar surface area (TPSA) is 76.1 Å². The largest absolute Gasteiger partial charge is 0.385 e. The monoisotopic (exact) mass is 328 g/mol. The van der Waals surface area contributed by atoms with Gasteiger partial charge >= 0.3 is 0 Å². The van der Waals surface area contributed by atoms with Crippen LogP contribution in [0.15, 0.2) is 24.5 Å². The summed E-state index contributed by atoms with van der Waals surface area (Å²) in [5.41, 5.74) is 4.83. The van der Waals surface area contributed by atoms with Gasteiger partial charge in [-0.25, -0.2) is 9.97 Å². The van der Waals surface area contributed by atoms with Gasteiger partial charge in [-0.3, -0.25) is 4.79 Å². The van der Waals surface area contributed by atoms with Gasteiger partial charge in [0.1, 0.15) is 17.8 Å². The molecule has 24 heavy (non-hydrogen) atoms. The zero-order chi connectivity index (χ0) is 17.5. The summed E-state index contributed by atoms with van der Waals surface area (Å²) < 4.78 is 4.96. The molecule has 0 radical (unpaired) electrons. The Morgan fingerprint density at radius 3 is 2.50 bits per heavy atom. The SMILES string of the molecule is COCCCNC(=O)c1cc(Nc2c(C)cc(C)cc2C)ncn1. The van der Waals surface area contributed by atoms with E-state index in [4.69, 9.17) is 4.74 Å². The Bertz CT molecular complexity index is 693. The van der Waals surface area contributed by atoms with Gasteiger partial charge in [-0.15, -0.1) is 0 Å². The minimum absolute atomic E-state index is 0.214. The predicted molar refractivity (Wildman–Crippen MR) is 94.8 cm³/mol. The smallest absolute Gasteiger partial charge is 0.270 e. The van der Waals surface area contributed by atoms with Crippen molar-refractivity contribution in [2.75, 3.05) is 25.6 Å². The Kier molecular flexibility index (Phi) is 6.26. The number of anilines is 2. The van der Waals surface area contributed by atoms with Gasteiger partial charge in [-0.2, -0.15) is 0 Å². The highest BCUT2D eigenvalue weighted by molar-refractivity contribution is 5.93. The lowest BCUT2D eigenvalue weighted by atomic mass is 10.1. The van der Waals surface area contributed by atoms with E-state index in [9.17, 15) is 4.79 Å². The number of rotatable bonds is 7. The fourth-order valence-electron chi connectivity index (χ4n) is 2.56. The molecule has 0 aliphatic rings. The van der Waals surface area contributed by atoms with Crippen molar-refractivity contribution in [1.82, 2.24) is 15.3 Å². The van der Waals surface area contributed by atoms with E-state index in [-0.39, 0.29) is 5.91 Å². The van der Waals surface area contributed by atoms with Gasteiger partial charge in [0, 0.05) is 32.0 Å². The summed E-state index contributed by atoms with van der Waals surface area (Å²) in [6, 6.07) is 5.88. The summed E-state index contributed by atoms with van der Waals surface area (Å²) >= 11 is 0. The molecule has 1 amide bonds. The van der Waals surface area contributed by atoms with Crippen LogP contribution in [0.1, 0.15) is 33.6 Å². The molecule has 128 valence electrons. The molecular weight excluding hydrogens is 304 g/mol. The molecule has 1 aromatic carbocycles. The van der Waals surface area contributed by atoms with Gasteiger partial charge < -0.3 is 15.4 Å². The quantitative estimate of drug-likeness (QED) is 0.764. The molecule has 6 nitrogen and oxygen atoms in total. The van der Waals surface area contributed by atoms with Crippen molar-refractivity contribution < 1.29 is 9.53 Å².